The van der Waals surface area contributed by atoms with E-state index in [1.165, 1.54) is 7.11 Å². The number of carboxylic acids is 1. The molecule has 7 heteroatoms. The van der Waals surface area contributed by atoms with E-state index in [9.17, 15) is 19.8 Å². The molecular formula is C22H19NO5S. The lowest BCUT2D eigenvalue weighted by Gasteiger charge is -2.24. The molecule has 29 heavy (non-hydrogen) atoms. The number of hydrogen-bond acceptors (Lipinski definition) is 5. The number of anilines is 1. The number of methoxy groups -OCH3 is 1. The SMILES string of the molecule is COc1ccc([C@@H]2CC(=O)Nc3c2sc(C(=O)O)c3-c2ccc(C)cc2)cc1O. The Morgan fingerprint density at radius 1 is 1.21 bits per heavy atom. The number of amides is 1. The molecule has 0 saturated carbocycles. The third kappa shape index (κ3) is 3.34. The summed E-state index contributed by atoms with van der Waals surface area (Å²) in [6.07, 6.45) is 0.172. The number of carboxylic acid groups (broad SMARTS) is 1. The van der Waals surface area contributed by atoms with Crippen molar-refractivity contribution in [3.63, 3.8) is 0 Å². The number of carbonyl (C=O) groups is 2. The maximum Gasteiger partial charge on any atom is 0.346 e. The van der Waals surface area contributed by atoms with Crippen LogP contribution in [0, 0.1) is 6.92 Å². The topological polar surface area (TPSA) is 95.9 Å². The molecular weight excluding hydrogens is 390 g/mol. The van der Waals surface area contributed by atoms with E-state index in [-0.39, 0.29) is 28.9 Å². The minimum Gasteiger partial charge on any atom is -0.504 e. The second-order valence-electron chi connectivity index (χ2n) is 6.95. The Bertz CT molecular complexity index is 1120. The highest BCUT2D eigenvalue weighted by atomic mass is 32.1. The average molecular weight is 409 g/mol. The first kappa shape index (κ1) is 19.0. The van der Waals surface area contributed by atoms with Crippen LogP contribution in [0.2, 0.25) is 0 Å². The van der Waals surface area contributed by atoms with Gasteiger partial charge in [0.1, 0.15) is 4.88 Å². The highest BCUT2D eigenvalue weighted by Gasteiger charge is 2.34. The summed E-state index contributed by atoms with van der Waals surface area (Å²) in [5.74, 6) is -1.26. The monoisotopic (exact) mass is 409 g/mol. The Labute approximate surface area is 171 Å². The number of aromatic hydroxyl groups is 1. The third-order valence-corrected chi connectivity index (χ3v) is 6.34. The lowest BCUT2D eigenvalue weighted by molar-refractivity contribution is -0.116. The van der Waals surface area contributed by atoms with Crippen molar-refractivity contribution in [2.45, 2.75) is 19.3 Å². The minimum absolute atomic E-state index is 0.0219. The molecule has 0 saturated heterocycles. The van der Waals surface area contributed by atoms with Gasteiger partial charge in [0.2, 0.25) is 5.91 Å². The van der Waals surface area contributed by atoms with Gasteiger partial charge in [-0.25, -0.2) is 4.79 Å². The van der Waals surface area contributed by atoms with E-state index in [0.717, 1.165) is 32.9 Å². The zero-order valence-corrected chi connectivity index (χ0v) is 16.7. The molecule has 3 aromatic rings. The molecule has 148 valence electrons. The molecule has 6 nitrogen and oxygen atoms in total. The van der Waals surface area contributed by atoms with Gasteiger partial charge in [0.15, 0.2) is 11.5 Å². The largest absolute Gasteiger partial charge is 0.504 e. The zero-order chi connectivity index (χ0) is 20.7. The van der Waals surface area contributed by atoms with Crippen LogP contribution in [0.25, 0.3) is 11.1 Å². The quantitative estimate of drug-likeness (QED) is 0.585. The van der Waals surface area contributed by atoms with Gasteiger partial charge in [0.05, 0.1) is 12.8 Å². The molecule has 1 amide bonds. The fourth-order valence-electron chi connectivity index (χ4n) is 3.63. The summed E-state index contributed by atoms with van der Waals surface area (Å²) in [5.41, 5.74) is 3.59. The number of hydrogen-bond donors (Lipinski definition) is 3. The molecule has 0 fully saturated rings. The first-order valence-corrected chi connectivity index (χ1v) is 9.84. The summed E-state index contributed by atoms with van der Waals surface area (Å²) in [6, 6.07) is 12.5. The Morgan fingerprint density at radius 2 is 1.93 bits per heavy atom. The molecule has 1 aromatic heterocycles. The molecule has 0 spiro atoms. The molecule has 1 aliphatic heterocycles. The van der Waals surface area contributed by atoms with Crippen molar-refractivity contribution < 1.29 is 24.5 Å². The average Bonchev–Trinajstić information content (AvgIpc) is 3.07. The van der Waals surface area contributed by atoms with Crippen LogP contribution >= 0.6 is 11.3 Å². The highest BCUT2D eigenvalue weighted by molar-refractivity contribution is 7.15. The van der Waals surface area contributed by atoms with Crippen molar-refractivity contribution in [1.29, 1.82) is 0 Å². The first-order valence-electron chi connectivity index (χ1n) is 9.02. The van der Waals surface area contributed by atoms with E-state index in [1.807, 2.05) is 31.2 Å². The van der Waals surface area contributed by atoms with Gasteiger partial charge in [-0.15, -0.1) is 11.3 Å². The summed E-state index contributed by atoms with van der Waals surface area (Å²) in [6.45, 7) is 1.96. The number of aromatic carboxylic acids is 1. The summed E-state index contributed by atoms with van der Waals surface area (Å²) < 4.78 is 5.10. The molecule has 4 rings (SSSR count). The number of phenolic OH excluding ortho intramolecular Hbond substituents is 1. The predicted octanol–water partition coefficient (Wildman–Crippen LogP) is 4.61. The highest BCUT2D eigenvalue weighted by Crippen LogP contribution is 2.50. The minimum atomic E-state index is -1.04. The van der Waals surface area contributed by atoms with Crippen molar-refractivity contribution in [2.24, 2.45) is 0 Å². The number of aryl methyl sites for hydroxylation is 1. The van der Waals surface area contributed by atoms with Gasteiger partial charge in [-0.2, -0.15) is 0 Å². The molecule has 2 heterocycles. The van der Waals surface area contributed by atoms with Crippen LogP contribution in [-0.2, 0) is 4.79 Å². The van der Waals surface area contributed by atoms with Crippen molar-refractivity contribution in [1.82, 2.24) is 0 Å². The maximum absolute atomic E-state index is 12.5. The summed E-state index contributed by atoms with van der Waals surface area (Å²) in [5, 5.41) is 22.9. The molecule has 3 N–H and O–H groups in total. The van der Waals surface area contributed by atoms with Crippen LogP contribution in [0.15, 0.2) is 42.5 Å². The van der Waals surface area contributed by atoms with Crippen molar-refractivity contribution in [2.75, 3.05) is 12.4 Å². The number of fused-ring (bicyclic) bond motifs is 1. The zero-order valence-electron chi connectivity index (χ0n) is 15.9. The molecule has 0 radical (unpaired) electrons. The molecule has 0 bridgehead atoms. The second-order valence-corrected chi connectivity index (χ2v) is 8.00. The van der Waals surface area contributed by atoms with Crippen LogP contribution in [0.4, 0.5) is 5.69 Å². The lowest BCUT2D eigenvalue weighted by atomic mass is 9.88. The van der Waals surface area contributed by atoms with Crippen LogP contribution in [0.3, 0.4) is 0 Å². The standard InChI is InChI=1S/C22H19NO5S/c1-11-3-5-12(6-4-11)18-19-20(29-21(18)22(26)27)14(10-17(25)23-19)13-7-8-16(28-2)15(24)9-13/h3-9,14,24H,10H2,1-2H3,(H,23,25)(H,26,27)/t14-/m0/s1. The number of benzene rings is 2. The van der Waals surface area contributed by atoms with Crippen molar-refractivity contribution >= 4 is 28.9 Å². The van der Waals surface area contributed by atoms with Crippen molar-refractivity contribution in [3.8, 4) is 22.6 Å². The van der Waals surface area contributed by atoms with Gasteiger partial charge < -0.3 is 20.3 Å². The lowest BCUT2D eigenvalue weighted by Crippen LogP contribution is -2.22. The normalized spacial score (nSPS) is 15.5. The predicted molar refractivity (Wildman–Crippen MR) is 111 cm³/mol. The fourth-order valence-corrected chi connectivity index (χ4v) is 4.87. The molecule has 1 atom stereocenters. The number of phenols is 1. The van der Waals surface area contributed by atoms with Crippen LogP contribution in [0.5, 0.6) is 11.5 Å². The van der Waals surface area contributed by atoms with Crippen molar-refractivity contribution in [3.05, 3.63) is 63.3 Å². The summed E-state index contributed by atoms with van der Waals surface area (Å²) in [4.78, 5) is 25.4. The Morgan fingerprint density at radius 3 is 2.55 bits per heavy atom. The third-order valence-electron chi connectivity index (χ3n) is 5.05. The first-order chi connectivity index (χ1) is 13.9. The number of thiophene rings is 1. The van der Waals surface area contributed by atoms with E-state index in [2.05, 4.69) is 5.32 Å². The van der Waals surface area contributed by atoms with E-state index in [0.29, 0.717) is 17.0 Å². The van der Waals surface area contributed by atoms with E-state index >= 15 is 0 Å². The Kier molecular flexibility index (Phi) is 4.76. The Balaban J connectivity index is 1.90. The molecule has 2 aromatic carbocycles. The molecule has 0 unspecified atom stereocenters. The Hall–Kier alpha value is -3.32. The second kappa shape index (κ2) is 7.25. The number of carbonyl (C=O) groups excluding carboxylic acids is 1. The van der Waals surface area contributed by atoms with Gasteiger partial charge in [-0.3, -0.25) is 4.79 Å². The number of ether oxygens (including phenoxy) is 1. The van der Waals surface area contributed by atoms with Crippen LogP contribution in [0.1, 0.15) is 38.0 Å². The summed E-state index contributed by atoms with van der Waals surface area (Å²) in [7, 11) is 1.47. The fraction of sp³-hybridized carbons (Fsp3) is 0.182. The number of nitrogens with one attached hydrogen (secondary N) is 1. The maximum atomic E-state index is 12.5. The van der Waals surface area contributed by atoms with E-state index in [1.54, 1.807) is 18.2 Å². The smallest absolute Gasteiger partial charge is 0.346 e. The van der Waals surface area contributed by atoms with Crippen LogP contribution in [-0.4, -0.2) is 29.2 Å². The van der Waals surface area contributed by atoms with E-state index < -0.39 is 5.97 Å². The van der Waals surface area contributed by atoms with Gasteiger partial charge in [-0.05, 0) is 30.2 Å². The van der Waals surface area contributed by atoms with E-state index in [4.69, 9.17) is 4.74 Å². The molecule has 1 aliphatic rings. The van der Waals surface area contributed by atoms with Gasteiger partial charge in [-0.1, -0.05) is 35.9 Å². The summed E-state index contributed by atoms with van der Waals surface area (Å²) >= 11 is 1.16. The van der Waals surface area contributed by atoms with Gasteiger partial charge >= 0.3 is 5.97 Å². The molecule has 0 aliphatic carbocycles. The van der Waals surface area contributed by atoms with Gasteiger partial charge in [0, 0.05) is 22.8 Å². The van der Waals surface area contributed by atoms with Crippen LogP contribution < -0.4 is 10.1 Å². The number of rotatable bonds is 4. The van der Waals surface area contributed by atoms with Gasteiger partial charge in [0.25, 0.3) is 0 Å².